The Morgan fingerprint density at radius 2 is 2.38 bits per heavy atom. The van der Waals surface area contributed by atoms with Crippen LogP contribution >= 0.6 is 0 Å². The minimum atomic E-state index is 0.635. The van der Waals surface area contributed by atoms with Crippen molar-refractivity contribution in [1.29, 1.82) is 0 Å². The maximum absolute atomic E-state index is 5.03. The molecule has 1 rings (SSSR count). The van der Waals surface area contributed by atoms with Crippen LogP contribution in [0.5, 0.6) is 5.88 Å². The van der Waals surface area contributed by atoms with Crippen molar-refractivity contribution in [2.24, 2.45) is 0 Å². The van der Waals surface area contributed by atoms with E-state index in [9.17, 15) is 0 Å². The summed E-state index contributed by atoms with van der Waals surface area (Å²) in [5.41, 5.74) is 1.97. The molecule has 70 valence electrons. The normalized spacial score (nSPS) is 9.38. The van der Waals surface area contributed by atoms with E-state index in [1.165, 1.54) is 0 Å². The van der Waals surface area contributed by atoms with Crippen molar-refractivity contribution in [3.63, 3.8) is 0 Å². The third-order valence-corrected chi connectivity index (χ3v) is 1.76. The molecule has 0 amide bonds. The fraction of sp³-hybridized carbons (Fsp3) is 0.300. The average molecular weight is 178 g/mol. The number of hydrogen-bond donors (Lipinski definition) is 1. The quantitative estimate of drug-likeness (QED) is 0.714. The zero-order valence-electron chi connectivity index (χ0n) is 8.00. The summed E-state index contributed by atoms with van der Waals surface area (Å²) in [6, 6.07) is 3.78. The molecular weight excluding hydrogens is 164 g/mol. The standard InChI is InChI=1S/C10H14N2O/c1-4-5-9-8(11-2)6-7-10(12-9)13-3/h4,6-7,11H,1,5H2,2-3H3. The number of nitrogens with one attached hydrogen (secondary N) is 1. The van der Waals surface area contributed by atoms with E-state index >= 15 is 0 Å². The monoisotopic (exact) mass is 178 g/mol. The van der Waals surface area contributed by atoms with E-state index in [2.05, 4.69) is 16.9 Å². The smallest absolute Gasteiger partial charge is 0.213 e. The fourth-order valence-electron chi connectivity index (χ4n) is 1.11. The molecule has 1 aromatic rings. The third kappa shape index (κ3) is 2.21. The van der Waals surface area contributed by atoms with Crippen molar-refractivity contribution in [1.82, 2.24) is 4.98 Å². The summed E-state index contributed by atoms with van der Waals surface area (Å²) >= 11 is 0. The molecule has 0 aliphatic rings. The Bertz CT molecular complexity index is 297. The third-order valence-electron chi connectivity index (χ3n) is 1.76. The van der Waals surface area contributed by atoms with Crippen LogP contribution in [0.3, 0.4) is 0 Å². The first-order valence-corrected chi connectivity index (χ1v) is 4.14. The summed E-state index contributed by atoms with van der Waals surface area (Å²) in [5, 5.41) is 3.07. The Hall–Kier alpha value is -1.51. The summed E-state index contributed by atoms with van der Waals surface area (Å²) in [4.78, 5) is 4.30. The van der Waals surface area contributed by atoms with E-state index in [1.54, 1.807) is 7.11 Å². The maximum Gasteiger partial charge on any atom is 0.213 e. The lowest BCUT2D eigenvalue weighted by Gasteiger charge is -2.07. The molecule has 0 unspecified atom stereocenters. The molecule has 0 fully saturated rings. The number of rotatable bonds is 4. The molecule has 0 aromatic carbocycles. The molecule has 0 bridgehead atoms. The Kier molecular flexibility index (Phi) is 3.31. The highest BCUT2D eigenvalue weighted by molar-refractivity contribution is 5.49. The van der Waals surface area contributed by atoms with E-state index in [4.69, 9.17) is 4.74 Å². The molecule has 0 spiro atoms. The van der Waals surface area contributed by atoms with Gasteiger partial charge in [-0.05, 0) is 6.07 Å². The first-order valence-electron chi connectivity index (χ1n) is 4.14. The minimum Gasteiger partial charge on any atom is -0.481 e. The zero-order valence-corrected chi connectivity index (χ0v) is 8.00. The predicted molar refractivity (Wildman–Crippen MR) is 54.2 cm³/mol. The van der Waals surface area contributed by atoms with Crippen LogP contribution in [0.4, 0.5) is 5.69 Å². The second kappa shape index (κ2) is 4.50. The van der Waals surface area contributed by atoms with Crippen molar-refractivity contribution in [2.75, 3.05) is 19.5 Å². The van der Waals surface area contributed by atoms with Crippen molar-refractivity contribution >= 4 is 5.69 Å². The molecule has 3 nitrogen and oxygen atoms in total. The van der Waals surface area contributed by atoms with Gasteiger partial charge >= 0.3 is 0 Å². The summed E-state index contributed by atoms with van der Waals surface area (Å²) in [6.07, 6.45) is 2.57. The molecule has 0 saturated carbocycles. The summed E-state index contributed by atoms with van der Waals surface area (Å²) < 4.78 is 5.03. The topological polar surface area (TPSA) is 34.1 Å². The Morgan fingerprint density at radius 3 is 2.92 bits per heavy atom. The number of methoxy groups -OCH3 is 1. The molecule has 1 heterocycles. The van der Waals surface area contributed by atoms with Gasteiger partial charge in [-0.1, -0.05) is 6.08 Å². The molecule has 13 heavy (non-hydrogen) atoms. The Morgan fingerprint density at radius 1 is 1.62 bits per heavy atom. The van der Waals surface area contributed by atoms with Gasteiger partial charge in [0.1, 0.15) is 0 Å². The van der Waals surface area contributed by atoms with Crippen LogP contribution in [-0.4, -0.2) is 19.1 Å². The molecule has 1 aromatic heterocycles. The van der Waals surface area contributed by atoms with E-state index in [0.29, 0.717) is 5.88 Å². The number of anilines is 1. The van der Waals surface area contributed by atoms with Gasteiger partial charge in [0.15, 0.2) is 0 Å². The average Bonchev–Trinajstić information content (AvgIpc) is 2.18. The van der Waals surface area contributed by atoms with Gasteiger partial charge in [0, 0.05) is 19.5 Å². The van der Waals surface area contributed by atoms with Gasteiger partial charge in [-0.15, -0.1) is 6.58 Å². The molecule has 1 N–H and O–H groups in total. The number of allylic oxidation sites excluding steroid dienone is 1. The Balaban J connectivity index is 3.01. The summed E-state index contributed by atoms with van der Waals surface area (Å²) in [6.45, 7) is 3.68. The van der Waals surface area contributed by atoms with E-state index in [-0.39, 0.29) is 0 Å². The number of ether oxygens (including phenoxy) is 1. The molecule has 0 saturated heterocycles. The highest BCUT2D eigenvalue weighted by Crippen LogP contribution is 2.17. The van der Waals surface area contributed by atoms with Crippen LogP contribution in [-0.2, 0) is 6.42 Å². The number of aromatic nitrogens is 1. The van der Waals surface area contributed by atoms with Gasteiger partial charge in [0.25, 0.3) is 0 Å². The van der Waals surface area contributed by atoms with Crippen molar-refractivity contribution in [2.45, 2.75) is 6.42 Å². The van der Waals surface area contributed by atoms with Gasteiger partial charge in [-0.2, -0.15) is 0 Å². The number of pyridine rings is 1. The van der Waals surface area contributed by atoms with Crippen LogP contribution in [0.25, 0.3) is 0 Å². The highest BCUT2D eigenvalue weighted by atomic mass is 16.5. The lowest BCUT2D eigenvalue weighted by atomic mass is 10.2. The minimum absolute atomic E-state index is 0.635. The van der Waals surface area contributed by atoms with Crippen LogP contribution in [0, 0.1) is 0 Å². The highest BCUT2D eigenvalue weighted by Gasteiger charge is 2.02. The van der Waals surface area contributed by atoms with Gasteiger partial charge in [-0.25, -0.2) is 4.98 Å². The number of hydrogen-bond acceptors (Lipinski definition) is 3. The van der Waals surface area contributed by atoms with Gasteiger partial charge in [-0.3, -0.25) is 0 Å². The van der Waals surface area contributed by atoms with Crippen LogP contribution in [0.15, 0.2) is 24.8 Å². The largest absolute Gasteiger partial charge is 0.481 e. The van der Waals surface area contributed by atoms with E-state index in [1.807, 2.05) is 25.3 Å². The fourth-order valence-corrected chi connectivity index (χ4v) is 1.11. The predicted octanol–water partition coefficient (Wildman–Crippen LogP) is 1.86. The van der Waals surface area contributed by atoms with Crippen molar-refractivity contribution in [3.8, 4) is 5.88 Å². The first kappa shape index (κ1) is 9.58. The molecule has 0 aliphatic carbocycles. The van der Waals surface area contributed by atoms with E-state index in [0.717, 1.165) is 17.8 Å². The van der Waals surface area contributed by atoms with Crippen LogP contribution < -0.4 is 10.1 Å². The molecule has 0 radical (unpaired) electrons. The van der Waals surface area contributed by atoms with Gasteiger partial charge < -0.3 is 10.1 Å². The van der Waals surface area contributed by atoms with Gasteiger partial charge in [0.2, 0.25) is 5.88 Å². The second-order valence-electron chi connectivity index (χ2n) is 2.59. The second-order valence-corrected chi connectivity index (χ2v) is 2.59. The SMILES string of the molecule is C=CCc1nc(OC)ccc1NC. The van der Waals surface area contributed by atoms with Crippen LogP contribution in [0.2, 0.25) is 0 Å². The molecule has 0 aliphatic heterocycles. The molecule has 3 heteroatoms. The Labute approximate surface area is 78.4 Å². The van der Waals surface area contributed by atoms with Crippen molar-refractivity contribution < 1.29 is 4.74 Å². The first-order chi connectivity index (χ1) is 6.31. The summed E-state index contributed by atoms with van der Waals surface area (Å²) in [5.74, 6) is 0.635. The summed E-state index contributed by atoms with van der Waals surface area (Å²) in [7, 11) is 3.48. The lowest BCUT2D eigenvalue weighted by Crippen LogP contribution is -1.99. The van der Waals surface area contributed by atoms with Crippen molar-refractivity contribution in [3.05, 3.63) is 30.5 Å². The van der Waals surface area contributed by atoms with E-state index < -0.39 is 0 Å². The molecule has 0 atom stereocenters. The van der Waals surface area contributed by atoms with Crippen LogP contribution in [0.1, 0.15) is 5.69 Å². The van der Waals surface area contributed by atoms with Gasteiger partial charge in [0.05, 0.1) is 18.5 Å². The number of nitrogens with zero attached hydrogens (tertiary/aromatic N) is 1. The lowest BCUT2D eigenvalue weighted by molar-refractivity contribution is 0.397. The maximum atomic E-state index is 5.03. The molecular formula is C10H14N2O. The zero-order chi connectivity index (χ0) is 9.68.